The molecule has 0 radical (unpaired) electrons. The summed E-state index contributed by atoms with van der Waals surface area (Å²) >= 11 is 0. The highest BCUT2D eigenvalue weighted by Crippen LogP contribution is 2.50. The van der Waals surface area contributed by atoms with Gasteiger partial charge in [0.15, 0.2) is 0 Å². The monoisotopic (exact) mass is 653 g/mol. The molecule has 0 aliphatic rings. The van der Waals surface area contributed by atoms with Crippen LogP contribution < -0.4 is 31.6 Å². The van der Waals surface area contributed by atoms with Gasteiger partial charge in [-0.15, -0.1) is 0 Å². The van der Waals surface area contributed by atoms with Gasteiger partial charge in [0.25, 0.3) is 0 Å². The third-order valence-electron chi connectivity index (χ3n) is 8.87. The highest BCUT2D eigenvalue weighted by Gasteiger charge is 2.30. The van der Waals surface area contributed by atoms with Crippen LogP contribution in [0.25, 0.3) is 32.7 Å². The van der Waals surface area contributed by atoms with Crippen molar-refractivity contribution in [3.63, 3.8) is 0 Å². The second-order valence-electron chi connectivity index (χ2n) is 11.8. The zero-order chi connectivity index (χ0) is 32.3. The standard InChI is InChI=1S/C44H33NOP2/c46-48(37-23-9-3-10-24-37,38-25-11-4-12-26-38)45-41-31-29-33-17-13-15-27-39(33)43(41)44-40-28-16-14-18-34(40)30-32-42(44)47(35-19-5-1-6-20-35)36-21-7-2-8-22-36/h1-32H,(H,45,46). The molecule has 0 bridgehead atoms. The molecule has 230 valence electrons. The van der Waals surface area contributed by atoms with Crippen LogP contribution in [0.4, 0.5) is 5.69 Å². The third-order valence-corrected chi connectivity index (χ3v) is 14.0. The molecule has 0 aliphatic carbocycles. The SMILES string of the molecule is O=P(Nc1ccc2ccccc2c1-c1c(P(c2ccccc2)c2ccccc2)ccc2ccccc12)(c1ccccc1)c1ccccc1. The van der Waals surface area contributed by atoms with Crippen molar-refractivity contribution < 1.29 is 4.57 Å². The van der Waals surface area contributed by atoms with Crippen LogP contribution in [0, 0.1) is 0 Å². The van der Waals surface area contributed by atoms with E-state index in [1.165, 1.54) is 32.2 Å². The number of benzene rings is 8. The van der Waals surface area contributed by atoms with Gasteiger partial charge >= 0.3 is 0 Å². The lowest BCUT2D eigenvalue weighted by atomic mass is 9.92. The van der Waals surface area contributed by atoms with Gasteiger partial charge in [0, 0.05) is 27.4 Å². The van der Waals surface area contributed by atoms with Crippen LogP contribution >= 0.6 is 15.2 Å². The largest absolute Gasteiger partial charge is 0.329 e. The van der Waals surface area contributed by atoms with Crippen LogP contribution in [0.1, 0.15) is 0 Å². The van der Waals surface area contributed by atoms with Crippen LogP contribution in [0.15, 0.2) is 194 Å². The molecule has 8 aromatic carbocycles. The topological polar surface area (TPSA) is 29.1 Å². The first-order valence-electron chi connectivity index (χ1n) is 16.1. The van der Waals surface area contributed by atoms with Crippen LogP contribution in [0.2, 0.25) is 0 Å². The zero-order valence-electron chi connectivity index (χ0n) is 26.3. The van der Waals surface area contributed by atoms with Gasteiger partial charge in [-0.3, -0.25) is 4.57 Å². The average molecular weight is 654 g/mol. The maximum Gasteiger partial charge on any atom is 0.227 e. The molecule has 0 heterocycles. The Bertz CT molecular complexity index is 2310. The van der Waals surface area contributed by atoms with E-state index in [0.717, 1.165) is 32.6 Å². The first-order valence-corrected chi connectivity index (χ1v) is 19.2. The van der Waals surface area contributed by atoms with Crippen LogP contribution in [0.5, 0.6) is 0 Å². The Morgan fingerprint density at radius 1 is 0.396 bits per heavy atom. The van der Waals surface area contributed by atoms with E-state index in [0.29, 0.717) is 0 Å². The molecule has 4 heteroatoms. The number of rotatable bonds is 8. The molecule has 0 atom stereocenters. The summed E-state index contributed by atoms with van der Waals surface area (Å²) in [5.41, 5.74) is 3.07. The highest BCUT2D eigenvalue weighted by molar-refractivity contribution is 7.80. The second kappa shape index (κ2) is 13.1. The first-order chi connectivity index (χ1) is 23.7. The summed E-state index contributed by atoms with van der Waals surface area (Å²) < 4.78 is 15.5. The zero-order valence-corrected chi connectivity index (χ0v) is 28.1. The Kier molecular flexibility index (Phi) is 8.21. The van der Waals surface area contributed by atoms with E-state index >= 15 is 4.57 Å². The van der Waals surface area contributed by atoms with Crippen LogP contribution in [-0.4, -0.2) is 0 Å². The minimum absolute atomic E-state index is 0.768. The van der Waals surface area contributed by atoms with Crippen molar-refractivity contribution in [2.75, 3.05) is 5.09 Å². The molecule has 2 nitrogen and oxygen atoms in total. The second-order valence-corrected chi connectivity index (χ2v) is 16.4. The molecular formula is C44H33NOP2. The fraction of sp³-hybridized carbons (Fsp3) is 0. The van der Waals surface area contributed by atoms with E-state index in [-0.39, 0.29) is 0 Å². The number of nitrogens with one attached hydrogen (secondary N) is 1. The van der Waals surface area contributed by atoms with Gasteiger partial charge in [0.05, 0.1) is 0 Å². The fourth-order valence-corrected chi connectivity index (χ4v) is 11.4. The van der Waals surface area contributed by atoms with Gasteiger partial charge in [-0.2, -0.15) is 0 Å². The van der Waals surface area contributed by atoms with Crippen molar-refractivity contribution >= 4 is 69.0 Å². The lowest BCUT2D eigenvalue weighted by molar-refractivity contribution is 0.590. The van der Waals surface area contributed by atoms with E-state index in [4.69, 9.17) is 0 Å². The molecule has 1 N–H and O–H groups in total. The summed E-state index contributed by atoms with van der Waals surface area (Å²) in [6.45, 7) is 0. The molecule has 0 unspecified atom stereocenters. The highest BCUT2D eigenvalue weighted by atomic mass is 31.2. The van der Waals surface area contributed by atoms with Gasteiger partial charge in [-0.25, -0.2) is 0 Å². The summed E-state index contributed by atoms with van der Waals surface area (Å²) in [4.78, 5) is 0. The Morgan fingerprint density at radius 2 is 0.812 bits per heavy atom. The van der Waals surface area contributed by atoms with Crippen molar-refractivity contribution in [2.24, 2.45) is 0 Å². The van der Waals surface area contributed by atoms with E-state index in [2.05, 4.69) is 139 Å². The Hall–Kier alpha value is -5.26. The van der Waals surface area contributed by atoms with Crippen molar-refractivity contribution in [3.8, 4) is 11.1 Å². The van der Waals surface area contributed by atoms with E-state index in [9.17, 15) is 0 Å². The van der Waals surface area contributed by atoms with Crippen molar-refractivity contribution in [2.45, 2.75) is 0 Å². The van der Waals surface area contributed by atoms with Crippen molar-refractivity contribution in [3.05, 3.63) is 194 Å². The molecule has 0 saturated heterocycles. The third kappa shape index (κ3) is 5.54. The normalized spacial score (nSPS) is 11.6. The predicted octanol–water partition coefficient (Wildman–Crippen LogP) is 9.76. The first kappa shape index (κ1) is 30.1. The van der Waals surface area contributed by atoms with Gasteiger partial charge in [-0.05, 0) is 75.7 Å². The molecular weight excluding hydrogens is 620 g/mol. The molecule has 8 aromatic rings. The molecule has 8 rings (SSSR count). The maximum atomic E-state index is 15.5. The molecule has 0 fully saturated rings. The summed E-state index contributed by atoms with van der Waals surface area (Å²) in [6.07, 6.45) is 0. The summed E-state index contributed by atoms with van der Waals surface area (Å²) in [7, 11) is -4.28. The van der Waals surface area contributed by atoms with Gasteiger partial charge in [-0.1, -0.05) is 164 Å². The van der Waals surface area contributed by atoms with E-state index in [1.807, 2.05) is 60.7 Å². The fourth-order valence-electron chi connectivity index (χ4n) is 6.65. The molecule has 0 saturated carbocycles. The molecule has 0 aliphatic heterocycles. The maximum absolute atomic E-state index is 15.5. The summed E-state index contributed by atoms with van der Waals surface area (Å²) in [5.74, 6) is 0. The van der Waals surface area contributed by atoms with Crippen molar-refractivity contribution in [1.29, 1.82) is 0 Å². The van der Waals surface area contributed by atoms with E-state index < -0.39 is 15.2 Å². The lowest BCUT2D eigenvalue weighted by Crippen LogP contribution is -2.23. The lowest BCUT2D eigenvalue weighted by Gasteiger charge is -2.28. The minimum Gasteiger partial charge on any atom is -0.329 e. The van der Waals surface area contributed by atoms with E-state index in [1.54, 1.807) is 0 Å². The number of anilines is 1. The minimum atomic E-state index is -3.33. The Morgan fingerprint density at radius 3 is 1.33 bits per heavy atom. The summed E-state index contributed by atoms with van der Waals surface area (Å²) in [5, 5.41) is 13.7. The quantitative estimate of drug-likeness (QED) is 0.166. The number of fused-ring (bicyclic) bond motifs is 2. The Balaban J connectivity index is 1.47. The van der Waals surface area contributed by atoms with Gasteiger partial charge in [0.1, 0.15) is 0 Å². The number of hydrogen-bond acceptors (Lipinski definition) is 1. The molecule has 0 aromatic heterocycles. The molecule has 0 spiro atoms. The molecule has 48 heavy (non-hydrogen) atoms. The summed E-state index contributed by atoms with van der Waals surface area (Å²) in [6, 6.07) is 67.4. The van der Waals surface area contributed by atoms with Crippen LogP contribution in [-0.2, 0) is 4.57 Å². The number of hydrogen-bond donors (Lipinski definition) is 1. The predicted molar refractivity (Wildman–Crippen MR) is 209 cm³/mol. The van der Waals surface area contributed by atoms with Crippen molar-refractivity contribution in [1.82, 2.24) is 0 Å². The van der Waals surface area contributed by atoms with Gasteiger partial charge in [0.2, 0.25) is 7.29 Å². The molecule has 0 amide bonds. The van der Waals surface area contributed by atoms with Gasteiger partial charge < -0.3 is 5.09 Å². The smallest absolute Gasteiger partial charge is 0.227 e. The Labute approximate surface area is 282 Å². The average Bonchev–Trinajstić information content (AvgIpc) is 3.16. The van der Waals surface area contributed by atoms with Crippen LogP contribution in [0.3, 0.4) is 0 Å².